The van der Waals surface area contributed by atoms with Gasteiger partial charge in [-0.05, 0) is 24.8 Å². The number of amides is 1. The van der Waals surface area contributed by atoms with Gasteiger partial charge in [-0.25, -0.2) is 24.7 Å². The van der Waals surface area contributed by atoms with Crippen LogP contribution in [0, 0.1) is 5.92 Å². The highest BCUT2D eigenvalue weighted by Crippen LogP contribution is 2.45. The molecule has 34 heavy (non-hydrogen) atoms. The van der Waals surface area contributed by atoms with Crippen molar-refractivity contribution in [3.63, 3.8) is 0 Å². The van der Waals surface area contributed by atoms with E-state index in [1.165, 1.54) is 7.05 Å². The molecule has 0 radical (unpaired) electrons. The summed E-state index contributed by atoms with van der Waals surface area (Å²) >= 11 is 1.16. The van der Waals surface area contributed by atoms with Crippen LogP contribution < -0.4 is 16.9 Å². The van der Waals surface area contributed by atoms with Crippen molar-refractivity contribution in [2.24, 2.45) is 22.6 Å². The van der Waals surface area contributed by atoms with Gasteiger partial charge in [0, 0.05) is 30.8 Å². The third kappa shape index (κ3) is 6.70. The third-order valence-electron chi connectivity index (χ3n) is 5.44. The Morgan fingerprint density at radius 1 is 1.38 bits per heavy atom. The van der Waals surface area contributed by atoms with E-state index in [4.69, 9.17) is 16.3 Å². The number of alkyl halides is 2. The van der Waals surface area contributed by atoms with E-state index in [0.29, 0.717) is 16.8 Å². The van der Waals surface area contributed by atoms with Crippen LogP contribution >= 0.6 is 11.3 Å². The number of amidine groups is 1. The van der Waals surface area contributed by atoms with Gasteiger partial charge >= 0.3 is 5.97 Å². The summed E-state index contributed by atoms with van der Waals surface area (Å²) < 4.78 is 32.9. The first-order chi connectivity index (χ1) is 16.1. The number of nitrogens with zero attached hydrogens (tertiary/aromatic N) is 3. The first kappa shape index (κ1) is 25.5. The number of carbonyl (C=O) groups excluding carboxylic acids is 2. The predicted molar refractivity (Wildman–Crippen MR) is 125 cm³/mol. The summed E-state index contributed by atoms with van der Waals surface area (Å²) in [5.41, 5.74) is 7.54. The molecule has 0 saturated heterocycles. The predicted octanol–water partition coefficient (Wildman–Crippen LogP) is 2.83. The number of anilines is 1. The van der Waals surface area contributed by atoms with Gasteiger partial charge in [0.25, 0.3) is 0 Å². The number of benzene rings is 1. The normalized spacial score (nSPS) is 18.4. The van der Waals surface area contributed by atoms with Crippen LogP contribution in [0.5, 0.6) is 0 Å². The van der Waals surface area contributed by atoms with Crippen molar-refractivity contribution in [2.45, 2.75) is 44.4 Å². The molecule has 1 aromatic carbocycles. The number of halogens is 2. The van der Waals surface area contributed by atoms with E-state index in [0.717, 1.165) is 16.5 Å². The van der Waals surface area contributed by atoms with E-state index in [-0.39, 0.29) is 43.3 Å². The molecule has 0 bridgehead atoms. The molecule has 0 spiro atoms. The van der Waals surface area contributed by atoms with Crippen LogP contribution in [-0.2, 0) is 20.7 Å². The largest absolute Gasteiger partial charge is 0.466 e. The van der Waals surface area contributed by atoms with Crippen LogP contribution in [0.25, 0.3) is 0 Å². The van der Waals surface area contributed by atoms with Gasteiger partial charge in [0.15, 0.2) is 11.0 Å². The van der Waals surface area contributed by atoms with E-state index in [1.807, 2.05) is 0 Å². The smallest absolute Gasteiger partial charge is 0.311 e. The van der Waals surface area contributed by atoms with E-state index in [9.17, 15) is 18.4 Å². The fraction of sp³-hybridized carbons (Fsp3) is 0.455. The summed E-state index contributed by atoms with van der Waals surface area (Å²) in [5, 5.41) is 9.68. The molecule has 1 aliphatic carbocycles. The average Bonchev–Trinajstić information content (AvgIpc) is 3.33. The highest BCUT2D eigenvalue weighted by molar-refractivity contribution is 7.13. The molecule has 2 aromatic rings. The summed E-state index contributed by atoms with van der Waals surface area (Å²) in [5.74, 6) is 0.660. The topological polar surface area (TPSA) is 136 Å². The van der Waals surface area contributed by atoms with E-state index < -0.39 is 29.6 Å². The summed E-state index contributed by atoms with van der Waals surface area (Å²) in [6, 6.07) is 6.71. The number of hydrogen-bond donors (Lipinski definition) is 3. The number of thiazole rings is 1. The van der Waals surface area contributed by atoms with Crippen LogP contribution in [0.3, 0.4) is 0 Å². The second-order valence-corrected chi connectivity index (χ2v) is 8.99. The number of nitrogens with one attached hydrogen (secondary N) is 1. The molecule has 1 aliphatic rings. The quantitative estimate of drug-likeness (QED) is 0.160. The Morgan fingerprint density at radius 3 is 2.68 bits per heavy atom. The van der Waals surface area contributed by atoms with E-state index in [1.54, 1.807) is 36.6 Å². The Labute approximate surface area is 200 Å². The molecule has 1 amide bonds. The lowest BCUT2D eigenvalue weighted by atomic mass is 9.83. The monoisotopic (exact) mass is 494 g/mol. The minimum Gasteiger partial charge on any atom is -0.466 e. The van der Waals surface area contributed by atoms with Gasteiger partial charge in [0.1, 0.15) is 0 Å². The number of hydrazine groups is 1. The van der Waals surface area contributed by atoms with Crippen molar-refractivity contribution in [3.8, 4) is 0 Å². The lowest BCUT2D eigenvalue weighted by Gasteiger charge is -2.23. The van der Waals surface area contributed by atoms with Gasteiger partial charge in [-0.15, -0.1) is 16.4 Å². The molecule has 3 rings (SSSR count). The van der Waals surface area contributed by atoms with Crippen LogP contribution in [0.4, 0.5) is 13.9 Å². The highest BCUT2D eigenvalue weighted by Gasteiger charge is 2.45. The fourth-order valence-electron chi connectivity index (χ4n) is 3.98. The molecule has 2 unspecified atom stereocenters. The summed E-state index contributed by atoms with van der Waals surface area (Å²) in [6.07, 6.45) is -0.426. The Balaban J connectivity index is 1.81. The number of esters is 1. The van der Waals surface area contributed by atoms with Crippen LogP contribution in [0.1, 0.15) is 48.9 Å². The van der Waals surface area contributed by atoms with Gasteiger partial charge in [0.05, 0.1) is 24.6 Å². The lowest BCUT2D eigenvalue weighted by molar-refractivity contribution is -0.142. The van der Waals surface area contributed by atoms with Crippen molar-refractivity contribution in [1.29, 1.82) is 0 Å². The van der Waals surface area contributed by atoms with E-state index >= 15 is 0 Å². The molecule has 12 heteroatoms. The number of aromatic nitrogens is 1. The number of nitrogens with two attached hydrogens (primary N) is 2. The van der Waals surface area contributed by atoms with E-state index in [2.05, 4.69) is 15.4 Å². The van der Waals surface area contributed by atoms with Gasteiger partial charge in [0.2, 0.25) is 11.8 Å². The molecule has 2 atom stereocenters. The summed E-state index contributed by atoms with van der Waals surface area (Å²) in [6.45, 7) is 1.97. The zero-order valence-electron chi connectivity index (χ0n) is 19.0. The highest BCUT2D eigenvalue weighted by atomic mass is 32.1. The molecular weight excluding hydrogens is 466 g/mol. The maximum absolute atomic E-state index is 14.0. The number of rotatable bonds is 9. The Kier molecular flexibility index (Phi) is 8.15. The molecular formula is C22H28F2N6O3S. The maximum Gasteiger partial charge on any atom is 0.311 e. The Bertz CT molecular complexity index is 1040. The maximum atomic E-state index is 14.0. The van der Waals surface area contributed by atoms with Gasteiger partial charge in [-0.1, -0.05) is 24.3 Å². The van der Waals surface area contributed by atoms with Gasteiger partial charge < -0.3 is 15.8 Å². The number of hydrazone groups is 1. The lowest BCUT2D eigenvalue weighted by Crippen LogP contribution is -2.28. The molecule has 184 valence electrons. The van der Waals surface area contributed by atoms with Crippen LogP contribution in [-0.4, -0.2) is 47.4 Å². The standard InChI is InChI=1S/C22H28F2N6O3S/c1-3-33-17(31)10-16-12-34-21(27-16)28-20(32)18(15-8-9-22(23,24)11-15)13-4-6-14(7-5-13)19(25)29-30(2)26/h4-7,12,15,18H,3,8-11,26H2,1-2H3,(H2,25,29)(H,27,28,32). The second-order valence-electron chi connectivity index (χ2n) is 8.13. The van der Waals surface area contributed by atoms with Crippen molar-refractivity contribution in [1.82, 2.24) is 10.1 Å². The first-order valence-corrected chi connectivity index (χ1v) is 11.7. The number of hydrogen-bond acceptors (Lipinski definition) is 8. The first-order valence-electron chi connectivity index (χ1n) is 10.8. The SMILES string of the molecule is CCOC(=O)Cc1csc(NC(=O)C(c2ccc(/C(N)=N/N(C)N)cc2)C2CCC(F)(F)C2)n1. The average molecular weight is 495 g/mol. The molecule has 1 heterocycles. The Hall–Kier alpha value is -3.12. The second kappa shape index (κ2) is 10.9. The summed E-state index contributed by atoms with van der Waals surface area (Å²) in [4.78, 5) is 29.2. The number of carbonyl (C=O) groups is 2. The van der Waals surface area contributed by atoms with Crippen LogP contribution in [0.15, 0.2) is 34.7 Å². The zero-order chi connectivity index (χ0) is 24.9. The minimum absolute atomic E-state index is 0.0130. The van der Waals surface area contributed by atoms with Gasteiger partial charge in [-0.3, -0.25) is 9.59 Å². The molecule has 1 aromatic heterocycles. The summed E-state index contributed by atoms with van der Waals surface area (Å²) in [7, 11) is 1.53. The zero-order valence-corrected chi connectivity index (χ0v) is 19.8. The third-order valence-corrected chi connectivity index (χ3v) is 6.25. The number of ether oxygens (including phenoxy) is 1. The Morgan fingerprint density at radius 2 is 2.09 bits per heavy atom. The molecule has 9 nitrogen and oxygen atoms in total. The van der Waals surface area contributed by atoms with Gasteiger partial charge in [-0.2, -0.15) is 0 Å². The van der Waals surface area contributed by atoms with Crippen molar-refractivity contribution < 1.29 is 23.1 Å². The molecule has 1 saturated carbocycles. The minimum atomic E-state index is -2.81. The molecule has 5 N–H and O–H groups in total. The van der Waals surface area contributed by atoms with Crippen LogP contribution in [0.2, 0.25) is 0 Å². The fourth-order valence-corrected chi connectivity index (χ4v) is 4.70. The molecule has 0 aliphatic heterocycles. The van der Waals surface area contributed by atoms with Crippen molar-refractivity contribution >= 4 is 34.2 Å². The van der Waals surface area contributed by atoms with Crippen molar-refractivity contribution in [2.75, 3.05) is 19.0 Å². The van der Waals surface area contributed by atoms with Crippen molar-refractivity contribution in [3.05, 3.63) is 46.5 Å². The molecule has 1 fully saturated rings.